The van der Waals surface area contributed by atoms with Gasteiger partial charge in [-0.05, 0) is 12.8 Å². The van der Waals surface area contributed by atoms with Crippen LogP contribution in [-0.4, -0.2) is 32.0 Å². The van der Waals surface area contributed by atoms with Crippen LogP contribution in [0.1, 0.15) is 19.7 Å². The summed E-state index contributed by atoms with van der Waals surface area (Å²) in [4.78, 5) is 22.5. The summed E-state index contributed by atoms with van der Waals surface area (Å²) in [5, 5.41) is 10.2. The van der Waals surface area contributed by atoms with Crippen LogP contribution in [0.5, 0.6) is 0 Å². The van der Waals surface area contributed by atoms with Gasteiger partial charge in [0.2, 0.25) is 5.91 Å². The Morgan fingerprint density at radius 2 is 2.00 bits per heavy atom. The summed E-state index contributed by atoms with van der Waals surface area (Å²) in [5.74, 6) is 0.379. The van der Waals surface area contributed by atoms with Crippen molar-refractivity contribution in [1.29, 1.82) is 0 Å². The van der Waals surface area contributed by atoms with Crippen LogP contribution in [0, 0.1) is 12.8 Å². The van der Waals surface area contributed by atoms with Crippen molar-refractivity contribution in [2.45, 2.75) is 31.2 Å². The number of primary amides is 1. The summed E-state index contributed by atoms with van der Waals surface area (Å²) in [6.07, 6.45) is 0. The number of rotatable bonds is 4. The van der Waals surface area contributed by atoms with E-state index in [1.54, 1.807) is 4.57 Å². The normalized spacial score (nSPS) is 12.5. The molecule has 18 heavy (non-hydrogen) atoms. The van der Waals surface area contributed by atoms with Crippen molar-refractivity contribution in [3.8, 4) is 0 Å². The third-order valence-electron chi connectivity index (χ3n) is 2.40. The zero-order chi connectivity index (χ0) is 13.9. The number of nitrogens with two attached hydrogens (primary N) is 1. The first kappa shape index (κ1) is 14.5. The summed E-state index contributed by atoms with van der Waals surface area (Å²) >= 11 is 1.26. The number of urea groups is 1. The number of hydrogen-bond acceptors (Lipinski definition) is 5. The molecule has 0 fully saturated rings. The minimum atomic E-state index is -0.847. The highest BCUT2D eigenvalue weighted by molar-refractivity contribution is 8.00. The van der Waals surface area contributed by atoms with Gasteiger partial charge in [-0.2, -0.15) is 0 Å². The Kier molecular flexibility index (Phi) is 4.71. The topological polar surface area (TPSA) is 103 Å². The summed E-state index contributed by atoms with van der Waals surface area (Å²) in [6.45, 7) is 5.61. The Labute approximate surface area is 110 Å². The molecule has 3 amide bonds. The third-order valence-corrected chi connectivity index (χ3v) is 3.97. The maximum absolute atomic E-state index is 11.8. The molecule has 0 aliphatic carbocycles. The Morgan fingerprint density at radius 3 is 2.39 bits per heavy atom. The molecule has 8 heteroatoms. The van der Waals surface area contributed by atoms with Crippen LogP contribution in [0.2, 0.25) is 0 Å². The molecule has 0 saturated carbocycles. The van der Waals surface area contributed by atoms with Gasteiger partial charge >= 0.3 is 6.03 Å². The molecule has 1 heterocycles. The molecule has 1 aromatic rings. The zero-order valence-corrected chi connectivity index (χ0v) is 11.6. The number of amides is 3. The summed E-state index contributed by atoms with van der Waals surface area (Å²) in [7, 11) is 1.82. The summed E-state index contributed by atoms with van der Waals surface area (Å²) < 4.78 is 1.79. The largest absolute Gasteiger partial charge is 0.351 e. The number of nitrogens with zero attached hydrogens (tertiary/aromatic N) is 3. The highest BCUT2D eigenvalue weighted by Crippen LogP contribution is 2.26. The van der Waals surface area contributed by atoms with Crippen LogP contribution < -0.4 is 11.1 Å². The number of carbonyl (C=O) groups is 2. The van der Waals surface area contributed by atoms with Gasteiger partial charge in [-0.3, -0.25) is 10.1 Å². The fourth-order valence-corrected chi connectivity index (χ4v) is 2.33. The van der Waals surface area contributed by atoms with Gasteiger partial charge in [0.25, 0.3) is 0 Å². The fraction of sp³-hybridized carbons (Fsp3) is 0.600. The highest BCUT2D eigenvalue weighted by Gasteiger charge is 2.26. The van der Waals surface area contributed by atoms with E-state index in [0.29, 0.717) is 5.16 Å². The van der Waals surface area contributed by atoms with Gasteiger partial charge in [0.05, 0.1) is 5.25 Å². The van der Waals surface area contributed by atoms with E-state index in [9.17, 15) is 9.59 Å². The predicted octanol–water partition coefficient (Wildman–Crippen LogP) is 0.435. The van der Waals surface area contributed by atoms with Gasteiger partial charge in [0, 0.05) is 7.05 Å². The van der Waals surface area contributed by atoms with E-state index in [1.165, 1.54) is 11.8 Å². The molecule has 0 saturated heterocycles. The number of thioether (sulfide) groups is 1. The SMILES string of the molecule is Cc1nnc(S[C@@H](C(=O)NC(N)=O)C(C)C)n1C. The van der Waals surface area contributed by atoms with Crippen molar-refractivity contribution in [3.63, 3.8) is 0 Å². The van der Waals surface area contributed by atoms with Crippen molar-refractivity contribution in [1.82, 2.24) is 20.1 Å². The number of imide groups is 1. The van der Waals surface area contributed by atoms with Crippen molar-refractivity contribution in [2.75, 3.05) is 0 Å². The average Bonchev–Trinajstić information content (AvgIpc) is 2.55. The number of nitrogens with one attached hydrogen (secondary N) is 1. The van der Waals surface area contributed by atoms with Gasteiger partial charge in [0.15, 0.2) is 5.16 Å². The molecule has 1 atom stereocenters. The van der Waals surface area contributed by atoms with Gasteiger partial charge in [-0.25, -0.2) is 4.79 Å². The second kappa shape index (κ2) is 5.85. The second-order valence-electron chi connectivity index (χ2n) is 4.22. The van der Waals surface area contributed by atoms with Gasteiger partial charge in [-0.15, -0.1) is 10.2 Å². The second-order valence-corrected chi connectivity index (χ2v) is 5.33. The van der Waals surface area contributed by atoms with E-state index in [0.717, 1.165) is 5.82 Å². The molecular weight excluding hydrogens is 254 g/mol. The predicted molar refractivity (Wildman–Crippen MR) is 67.9 cm³/mol. The maximum Gasteiger partial charge on any atom is 0.318 e. The van der Waals surface area contributed by atoms with Gasteiger partial charge in [0.1, 0.15) is 5.82 Å². The number of aromatic nitrogens is 3. The molecule has 0 aliphatic rings. The molecule has 0 radical (unpaired) electrons. The molecular formula is C10H17N5O2S. The van der Waals surface area contributed by atoms with E-state index in [4.69, 9.17) is 5.73 Å². The molecule has 0 spiro atoms. The summed E-state index contributed by atoms with van der Waals surface area (Å²) in [5.41, 5.74) is 4.95. The fourth-order valence-electron chi connectivity index (χ4n) is 1.29. The minimum Gasteiger partial charge on any atom is -0.351 e. The lowest BCUT2D eigenvalue weighted by atomic mass is 10.1. The molecule has 1 rings (SSSR count). The molecule has 7 nitrogen and oxygen atoms in total. The molecule has 1 aromatic heterocycles. The average molecular weight is 271 g/mol. The Morgan fingerprint density at radius 1 is 1.39 bits per heavy atom. The first-order valence-electron chi connectivity index (χ1n) is 5.46. The van der Waals surface area contributed by atoms with Gasteiger partial charge < -0.3 is 10.3 Å². The zero-order valence-electron chi connectivity index (χ0n) is 10.8. The molecule has 0 bridgehead atoms. The molecule has 0 aliphatic heterocycles. The number of aryl methyl sites for hydroxylation is 1. The van der Waals surface area contributed by atoms with Crippen LogP contribution in [-0.2, 0) is 11.8 Å². The van der Waals surface area contributed by atoms with E-state index >= 15 is 0 Å². The summed E-state index contributed by atoms with van der Waals surface area (Å²) in [6, 6.07) is -0.847. The monoisotopic (exact) mass is 271 g/mol. The van der Waals surface area contributed by atoms with E-state index in [-0.39, 0.29) is 5.92 Å². The lowest BCUT2D eigenvalue weighted by Crippen LogP contribution is -2.42. The number of hydrogen-bond donors (Lipinski definition) is 2. The highest BCUT2D eigenvalue weighted by atomic mass is 32.2. The standard InChI is InChI=1S/C10H17N5O2S/c1-5(2)7(8(16)12-9(11)17)18-10-14-13-6(3)15(10)4/h5,7H,1-4H3,(H3,11,12,16,17)/t7-/m1/s1. The molecule has 100 valence electrons. The van der Waals surface area contributed by atoms with Crippen LogP contribution in [0.15, 0.2) is 5.16 Å². The molecule has 0 unspecified atom stereocenters. The lowest BCUT2D eigenvalue weighted by Gasteiger charge is -2.17. The molecule has 3 N–H and O–H groups in total. The Bertz CT molecular complexity index is 457. The molecule has 0 aromatic carbocycles. The van der Waals surface area contributed by atoms with E-state index < -0.39 is 17.2 Å². The van der Waals surface area contributed by atoms with Crippen LogP contribution >= 0.6 is 11.8 Å². The van der Waals surface area contributed by atoms with Crippen LogP contribution in [0.3, 0.4) is 0 Å². The quantitative estimate of drug-likeness (QED) is 0.773. The maximum atomic E-state index is 11.8. The third kappa shape index (κ3) is 3.46. The number of carbonyl (C=O) groups excluding carboxylic acids is 2. The van der Waals surface area contributed by atoms with Crippen LogP contribution in [0.4, 0.5) is 4.79 Å². The van der Waals surface area contributed by atoms with Crippen molar-refractivity contribution >= 4 is 23.7 Å². The first-order valence-corrected chi connectivity index (χ1v) is 6.33. The van der Waals surface area contributed by atoms with Crippen LogP contribution in [0.25, 0.3) is 0 Å². The smallest absolute Gasteiger partial charge is 0.318 e. The van der Waals surface area contributed by atoms with Crippen molar-refractivity contribution < 1.29 is 9.59 Å². The van der Waals surface area contributed by atoms with Crippen molar-refractivity contribution in [3.05, 3.63) is 5.82 Å². The Hall–Kier alpha value is -1.57. The van der Waals surface area contributed by atoms with Gasteiger partial charge in [-0.1, -0.05) is 25.6 Å². The van der Waals surface area contributed by atoms with E-state index in [1.807, 2.05) is 27.8 Å². The first-order chi connectivity index (χ1) is 8.32. The lowest BCUT2D eigenvalue weighted by molar-refractivity contribution is -0.120. The Balaban J connectivity index is 2.84. The minimum absolute atomic E-state index is 0.0337. The van der Waals surface area contributed by atoms with Crippen molar-refractivity contribution in [2.24, 2.45) is 18.7 Å². The van der Waals surface area contributed by atoms with E-state index in [2.05, 4.69) is 15.5 Å².